The van der Waals surface area contributed by atoms with Crippen molar-refractivity contribution >= 4 is 5.69 Å². The van der Waals surface area contributed by atoms with Crippen molar-refractivity contribution in [2.24, 2.45) is 0 Å². The van der Waals surface area contributed by atoms with Crippen molar-refractivity contribution in [2.45, 2.75) is 13.1 Å². The molecule has 4 heteroatoms. The number of fused-ring (bicyclic) bond motifs is 3. The number of methoxy groups -OCH3 is 1. The number of nitrogens with zero attached hydrogens (tertiary/aromatic N) is 2. The summed E-state index contributed by atoms with van der Waals surface area (Å²) in [6.45, 7) is 2.02. The van der Waals surface area contributed by atoms with Crippen LogP contribution in [0.5, 0.6) is 5.75 Å². The van der Waals surface area contributed by atoms with Crippen LogP contribution in [0.1, 0.15) is 17.4 Å². The molecule has 2 heterocycles. The molecule has 1 atom stereocenters. The number of ether oxygens (including phenoxy) is 1. The minimum atomic E-state index is -0.0743. The molecule has 4 nitrogen and oxygen atoms in total. The van der Waals surface area contributed by atoms with Gasteiger partial charge in [-0.1, -0.05) is 36.4 Å². The summed E-state index contributed by atoms with van der Waals surface area (Å²) < 4.78 is 7.56. The van der Waals surface area contributed by atoms with Gasteiger partial charge in [0.1, 0.15) is 5.75 Å². The van der Waals surface area contributed by atoms with Gasteiger partial charge in [0.15, 0.2) is 6.17 Å². The summed E-state index contributed by atoms with van der Waals surface area (Å²) in [5, 5.41) is 8.26. The van der Waals surface area contributed by atoms with Crippen LogP contribution < -0.4 is 10.1 Å². The van der Waals surface area contributed by atoms with Crippen LogP contribution in [0.4, 0.5) is 5.69 Å². The first-order valence-electron chi connectivity index (χ1n) is 7.33. The smallest absolute Gasteiger partial charge is 0.150 e. The third kappa shape index (κ3) is 1.88. The van der Waals surface area contributed by atoms with Crippen molar-refractivity contribution in [2.75, 3.05) is 12.4 Å². The molecule has 1 aromatic heterocycles. The summed E-state index contributed by atoms with van der Waals surface area (Å²) in [6.07, 6.45) is -0.0743. The first-order valence-corrected chi connectivity index (χ1v) is 7.33. The quantitative estimate of drug-likeness (QED) is 0.779. The molecule has 0 fully saturated rings. The molecule has 0 aliphatic carbocycles. The second-order valence-corrected chi connectivity index (χ2v) is 5.45. The predicted molar refractivity (Wildman–Crippen MR) is 87.2 cm³/mol. The van der Waals surface area contributed by atoms with Gasteiger partial charge in [0.25, 0.3) is 0 Å². The van der Waals surface area contributed by atoms with E-state index in [0.29, 0.717) is 0 Å². The molecule has 0 saturated carbocycles. The fourth-order valence-corrected chi connectivity index (χ4v) is 3.06. The van der Waals surface area contributed by atoms with Crippen LogP contribution in [0.25, 0.3) is 11.3 Å². The molecule has 110 valence electrons. The summed E-state index contributed by atoms with van der Waals surface area (Å²) >= 11 is 0. The van der Waals surface area contributed by atoms with Gasteiger partial charge < -0.3 is 10.1 Å². The number of aromatic nitrogens is 2. The predicted octanol–water partition coefficient (Wildman–Crippen LogP) is 3.84. The van der Waals surface area contributed by atoms with Gasteiger partial charge in [-0.3, -0.25) is 0 Å². The van der Waals surface area contributed by atoms with Crippen LogP contribution >= 0.6 is 0 Å². The molecular formula is C18H17N3O. The van der Waals surface area contributed by atoms with Crippen molar-refractivity contribution in [1.29, 1.82) is 0 Å². The van der Waals surface area contributed by atoms with E-state index >= 15 is 0 Å². The van der Waals surface area contributed by atoms with E-state index in [2.05, 4.69) is 40.7 Å². The Labute approximate surface area is 129 Å². The molecule has 0 spiro atoms. The zero-order chi connectivity index (χ0) is 15.1. The second-order valence-electron chi connectivity index (χ2n) is 5.45. The molecule has 1 aliphatic rings. The van der Waals surface area contributed by atoms with Gasteiger partial charge in [0, 0.05) is 16.8 Å². The Morgan fingerprint density at radius 2 is 1.86 bits per heavy atom. The molecule has 22 heavy (non-hydrogen) atoms. The average molecular weight is 291 g/mol. The summed E-state index contributed by atoms with van der Waals surface area (Å²) in [7, 11) is 1.70. The number of aryl methyl sites for hydroxylation is 1. The number of anilines is 1. The van der Waals surface area contributed by atoms with Crippen molar-refractivity contribution in [3.05, 3.63) is 65.9 Å². The summed E-state index contributed by atoms with van der Waals surface area (Å²) in [6, 6.07) is 18.5. The maximum absolute atomic E-state index is 5.53. The highest BCUT2D eigenvalue weighted by molar-refractivity contribution is 5.78. The highest BCUT2D eigenvalue weighted by Gasteiger charge is 2.27. The van der Waals surface area contributed by atoms with Crippen LogP contribution in [0.15, 0.2) is 54.6 Å². The lowest BCUT2D eigenvalue weighted by Crippen LogP contribution is -2.26. The number of hydrogen-bond donors (Lipinski definition) is 1. The van der Waals surface area contributed by atoms with Gasteiger partial charge in [-0.2, -0.15) is 5.10 Å². The Balaban J connectivity index is 1.93. The zero-order valence-corrected chi connectivity index (χ0v) is 12.6. The van der Waals surface area contributed by atoms with Crippen LogP contribution in [-0.2, 0) is 0 Å². The lowest BCUT2D eigenvalue weighted by Gasteiger charge is -2.30. The van der Waals surface area contributed by atoms with E-state index in [4.69, 9.17) is 4.74 Å². The third-order valence-electron chi connectivity index (χ3n) is 4.03. The number of benzene rings is 2. The molecular weight excluding hydrogens is 274 g/mol. The largest absolute Gasteiger partial charge is 0.496 e. The number of nitrogens with one attached hydrogen (secondary N) is 1. The topological polar surface area (TPSA) is 39.1 Å². The van der Waals surface area contributed by atoms with Crippen molar-refractivity contribution in [1.82, 2.24) is 9.78 Å². The van der Waals surface area contributed by atoms with E-state index < -0.39 is 0 Å². The minimum absolute atomic E-state index is 0.0743. The van der Waals surface area contributed by atoms with Crippen molar-refractivity contribution in [3.8, 4) is 17.0 Å². The van der Waals surface area contributed by atoms with Gasteiger partial charge in [0.05, 0.1) is 18.5 Å². The molecule has 1 N–H and O–H groups in total. The highest BCUT2D eigenvalue weighted by atomic mass is 16.5. The lowest BCUT2D eigenvalue weighted by molar-refractivity contribution is 0.401. The SMILES string of the molecule is COc1ccccc1[C@@H]1Nc2ccccc2-c2cc(C)nn21. The summed E-state index contributed by atoms with van der Waals surface area (Å²) in [4.78, 5) is 0. The maximum Gasteiger partial charge on any atom is 0.150 e. The van der Waals surface area contributed by atoms with Gasteiger partial charge in [-0.05, 0) is 25.1 Å². The monoisotopic (exact) mass is 291 g/mol. The lowest BCUT2D eigenvalue weighted by atomic mass is 10.0. The molecule has 1 aliphatic heterocycles. The van der Waals surface area contributed by atoms with E-state index in [9.17, 15) is 0 Å². The molecule has 3 aromatic rings. The molecule has 0 amide bonds. The first-order chi connectivity index (χ1) is 10.8. The van der Waals surface area contributed by atoms with Crippen molar-refractivity contribution in [3.63, 3.8) is 0 Å². The standard InChI is InChI=1S/C18H17N3O/c1-12-11-16-13-7-3-5-9-15(13)19-18(21(16)20-12)14-8-4-6-10-17(14)22-2/h3-11,18-19H,1-2H3/t18-/m1/s1. The van der Waals surface area contributed by atoms with E-state index in [-0.39, 0.29) is 6.17 Å². The number of para-hydroxylation sites is 2. The fourth-order valence-electron chi connectivity index (χ4n) is 3.06. The van der Waals surface area contributed by atoms with Crippen LogP contribution in [0.2, 0.25) is 0 Å². The normalized spacial score (nSPS) is 15.6. The van der Waals surface area contributed by atoms with Gasteiger partial charge >= 0.3 is 0 Å². The number of hydrogen-bond acceptors (Lipinski definition) is 3. The Morgan fingerprint density at radius 1 is 1.09 bits per heavy atom. The van der Waals surface area contributed by atoms with E-state index in [1.807, 2.05) is 35.9 Å². The first kappa shape index (κ1) is 13.0. The molecule has 0 saturated heterocycles. The molecule has 0 radical (unpaired) electrons. The average Bonchev–Trinajstić information content (AvgIpc) is 2.96. The maximum atomic E-state index is 5.53. The van der Waals surface area contributed by atoms with Crippen LogP contribution in [0, 0.1) is 6.92 Å². The van der Waals surface area contributed by atoms with E-state index in [0.717, 1.165) is 28.4 Å². The molecule has 0 bridgehead atoms. The summed E-state index contributed by atoms with van der Waals surface area (Å²) in [5.41, 5.74) is 5.50. The Hall–Kier alpha value is -2.75. The van der Waals surface area contributed by atoms with Gasteiger partial charge in [-0.15, -0.1) is 0 Å². The van der Waals surface area contributed by atoms with E-state index in [1.54, 1.807) is 7.11 Å². The Bertz CT molecular complexity index is 838. The molecule has 4 rings (SSSR count). The van der Waals surface area contributed by atoms with Crippen molar-refractivity contribution < 1.29 is 4.74 Å². The second kappa shape index (κ2) is 4.91. The molecule has 2 aromatic carbocycles. The fraction of sp³-hybridized carbons (Fsp3) is 0.167. The number of rotatable bonds is 2. The Morgan fingerprint density at radius 3 is 2.73 bits per heavy atom. The summed E-state index contributed by atoms with van der Waals surface area (Å²) in [5.74, 6) is 0.860. The van der Waals surface area contributed by atoms with Gasteiger partial charge in [-0.25, -0.2) is 4.68 Å². The van der Waals surface area contributed by atoms with E-state index in [1.165, 1.54) is 5.56 Å². The molecule has 0 unspecified atom stereocenters. The minimum Gasteiger partial charge on any atom is -0.496 e. The third-order valence-corrected chi connectivity index (χ3v) is 4.03. The zero-order valence-electron chi connectivity index (χ0n) is 12.6. The van der Waals surface area contributed by atoms with Gasteiger partial charge in [0.2, 0.25) is 0 Å². The van der Waals surface area contributed by atoms with Crippen LogP contribution in [-0.4, -0.2) is 16.9 Å². The Kier molecular flexibility index (Phi) is 2.89. The highest BCUT2D eigenvalue weighted by Crippen LogP contribution is 2.40. The van der Waals surface area contributed by atoms with Crippen LogP contribution in [0.3, 0.4) is 0 Å².